The van der Waals surface area contributed by atoms with Gasteiger partial charge in [-0.2, -0.15) is 0 Å². The molecule has 1 aliphatic rings. The maximum Gasteiger partial charge on any atom is 0.245 e. The predicted octanol–water partition coefficient (Wildman–Crippen LogP) is 3.60. The molecule has 1 saturated heterocycles. The first-order valence-electron chi connectivity index (χ1n) is 10.9. The summed E-state index contributed by atoms with van der Waals surface area (Å²) in [7, 11) is 0. The van der Waals surface area contributed by atoms with Gasteiger partial charge in [0.1, 0.15) is 6.04 Å². The Morgan fingerprint density at radius 1 is 1.23 bits per heavy atom. The molecule has 1 aromatic carbocycles. The molecule has 5 nitrogen and oxygen atoms in total. The van der Waals surface area contributed by atoms with Crippen molar-refractivity contribution in [1.29, 1.82) is 0 Å². The van der Waals surface area contributed by atoms with Crippen molar-refractivity contribution in [1.82, 2.24) is 14.8 Å². The van der Waals surface area contributed by atoms with E-state index in [2.05, 4.69) is 34.1 Å². The van der Waals surface area contributed by atoms with Gasteiger partial charge < -0.3 is 14.8 Å². The summed E-state index contributed by atoms with van der Waals surface area (Å²) in [6.45, 7) is 8.95. The number of fused-ring (bicyclic) bond motifs is 1. The molecule has 30 heavy (non-hydrogen) atoms. The number of hydrogen-bond donors (Lipinski definition) is 1. The molecule has 1 fully saturated rings. The highest BCUT2D eigenvalue weighted by molar-refractivity contribution is 5.89. The van der Waals surface area contributed by atoms with Crippen molar-refractivity contribution in [3.05, 3.63) is 36.0 Å². The van der Waals surface area contributed by atoms with Gasteiger partial charge in [0.15, 0.2) is 0 Å². The molecule has 1 aromatic heterocycles. The first-order chi connectivity index (χ1) is 14.3. The van der Waals surface area contributed by atoms with Crippen molar-refractivity contribution in [3.8, 4) is 12.3 Å². The summed E-state index contributed by atoms with van der Waals surface area (Å²) in [5.74, 6) is 2.58. The van der Waals surface area contributed by atoms with Gasteiger partial charge in [-0.1, -0.05) is 51.8 Å². The lowest BCUT2D eigenvalue weighted by atomic mass is 9.99. The van der Waals surface area contributed by atoms with Crippen LogP contribution in [0.2, 0.25) is 0 Å². The van der Waals surface area contributed by atoms with Crippen LogP contribution in [0.15, 0.2) is 30.5 Å². The van der Waals surface area contributed by atoms with Crippen LogP contribution < -0.4 is 5.32 Å². The second-order valence-electron chi connectivity index (χ2n) is 8.92. The third-order valence-corrected chi connectivity index (χ3v) is 6.00. The number of aromatic nitrogens is 1. The molecule has 0 aliphatic carbocycles. The zero-order valence-corrected chi connectivity index (χ0v) is 18.5. The topological polar surface area (TPSA) is 54.3 Å². The van der Waals surface area contributed by atoms with Gasteiger partial charge in [-0.25, -0.2) is 0 Å². The fraction of sp³-hybridized carbons (Fsp3) is 0.520. The Morgan fingerprint density at radius 3 is 2.63 bits per heavy atom. The van der Waals surface area contributed by atoms with Gasteiger partial charge in [0.25, 0.3) is 0 Å². The molecule has 0 bridgehead atoms. The molecule has 2 heterocycles. The van der Waals surface area contributed by atoms with Gasteiger partial charge in [0.2, 0.25) is 11.8 Å². The fourth-order valence-corrected chi connectivity index (χ4v) is 4.32. The van der Waals surface area contributed by atoms with Gasteiger partial charge in [-0.05, 0) is 36.8 Å². The number of nitrogens with zero attached hydrogens (tertiary/aromatic N) is 2. The maximum atomic E-state index is 13.4. The molecule has 160 valence electrons. The number of para-hydroxylation sites is 1. The highest BCUT2D eigenvalue weighted by atomic mass is 16.2. The Balaban J connectivity index is 1.82. The number of benzene rings is 1. The minimum atomic E-state index is -0.483. The average Bonchev–Trinajstić information content (AvgIpc) is 3.31. The van der Waals surface area contributed by atoms with E-state index in [0.717, 1.165) is 31.3 Å². The number of terminal acetylenes is 1. The van der Waals surface area contributed by atoms with Crippen molar-refractivity contribution < 1.29 is 9.59 Å². The van der Waals surface area contributed by atoms with Crippen LogP contribution in [0.5, 0.6) is 0 Å². The van der Waals surface area contributed by atoms with Crippen LogP contribution in [-0.2, 0) is 22.6 Å². The zero-order chi connectivity index (χ0) is 21.8. The molecular weight excluding hydrogens is 374 g/mol. The van der Waals surface area contributed by atoms with Crippen LogP contribution in [0.3, 0.4) is 0 Å². The highest BCUT2D eigenvalue weighted by Crippen LogP contribution is 2.28. The van der Waals surface area contributed by atoms with E-state index in [1.807, 2.05) is 44.7 Å². The Labute approximate surface area is 179 Å². The minimum Gasteiger partial charge on any atom is -0.344 e. The second-order valence-corrected chi connectivity index (χ2v) is 8.92. The number of carbonyl (C=O) groups is 2. The van der Waals surface area contributed by atoms with Crippen LogP contribution in [0.1, 0.15) is 46.1 Å². The summed E-state index contributed by atoms with van der Waals surface area (Å²) in [5, 5.41) is 4.17. The SMILES string of the molecule is C#CCn1cc(C[C@@H]2CCCN2C(=O)[C@@H](NC(=O)C(C)C)C(C)C)c2ccccc21. The van der Waals surface area contributed by atoms with Gasteiger partial charge in [0.05, 0.1) is 6.54 Å². The predicted molar refractivity (Wildman–Crippen MR) is 121 cm³/mol. The molecule has 3 rings (SSSR count). The Morgan fingerprint density at radius 2 is 1.97 bits per heavy atom. The number of carbonyl (C=O) groups excluding carboxylic acids is 2. The van der Waals surface area contributed by atoms with Gasteiger partial charge in [-0.15, -0.1) is 6.42 Å². The van der Waals surface area contributed by atoms with E-state index >= 15 is 0 Å². The number of likely N-dealkylation sites (tertiary alicyclic amines) is 1. The summed E-state index contributed by atoms with van der Waals surface area (Å²) in [6, 6.07) is 7.93. The van der Waals surface area contributed by atoms with E-state index in [1.165, 1.54) is 10.9 Å². The van der Waals surface area contributed by atoms with Crippen molar-refractivity contribution >= 4 is 22.7 Å². The Hall–Kier alpha value is -2.74. The standard InChI is InChI=1S/C25H33N3O2/c1-6-13-27-16-19(21-11-7-8-12-22(21)27)15-20-10-9-14-28(20)25(30)23(17(2)3)26-24(29)18(4)5/h1,7-8,11-12,16-18,20,23H,9-10,13-15H2,2-5H3,(H,26,29)/t20-,23-/m0/s1. The third kappa shape index (κ3) is 4.53. The molecule has 0 radical (unpaired) electrons. The van der Waals surface area contributed by atoms with Crippen LogP contribution in [-0.4, -0.2) is 39.9 Å². The van der Waals surface area contributed by atoms with Gasteiger partial charge in [0, 0.05) is 35.6 Å². The lowest BCUT2D eigenvalue weighted by Crippen LogP contribution is -2.53. The van der Waals surface area contributed by atoms with Crippen LogP contribution in [0, 0.1) is 24.2 Å². The first-order valence-corrected chi connectivity index (χ1v) is 10.9. The Kier molecular flexibility index (Phi) is 6.87. The van der Waals surface area contributed by atoms with Crippen molar-refractivity contribution in [3.63, 3.8) is 0 Å². The van der Waals surface area contributed by atoms with Crippen molar-refractivity contribution in [2.75, 3.05) is 6.54 Å². The summed E-state index contributed by atoms with van der Waals surface area (Å²) >= 11 is 0. The van der Waals surface area contributed by atoms with Crippen LogP contribution in [0.4, 0.5) is 0 Å². The normalized spacial score (nSPS) is 17.5. The summed E-state index contributed by atoms with van der Waals surface area (Å²) in [4.78, 5) is 27.6. The smallest absolute Gasteiger partial charge is 0.245 e. The average molecular weight is 408 g/mol. The zero-order valence-electron chi connectivity index (χ0n) is 18.5. The first kappa shape index (κ1) is 22.0. The lowest BCUT2D eigenvalue weighted by molar-refractivity contribution is -0.139. The number of amides is 2. The fourth-order valence-electron chi connectivity index (χ4n) is 4.32. The molecule has 2 aromatic rings. The largest absolute Gasteiger partial charge is 0.344 e. The van der Waals surface area contributed by atoms with Gasteiger partial charge >= 0.3 is 0 Å². The highest BCUT2D eigenvalue weighted by Gasteiger charge is 2.35. The van der Waals surface area contributed by atoms with E-state index in [1.54, 1.807) is 0 Å². The molecule has 2 amide bonds. The number of rotatable bonds is 7. The molecular formula is C25H33N3O2. The molecule has 1 N–H and O–H groups in total. The molecule has 0 spiro atoms. The van der Waals surface area contributed by atoms with Crippen molar-refractivity contribution in [2.24, 2.45) is 11.8 Å². The summed E-state index contributed by atoms with van der Waals surface area (Å²) in [6.07, 6.45) is 10.4. The molecule has 1 aliphatic heterocycles. The van der Waals surface area contributed by atoms with E-state index in [4.69, 9.17) is 6.42 Å². The van der Waals surface area contributed by atoms with Crippen LogP contribution in [0.25, 0.3) is 10.9 Å². The molecule has 0 saturated carbocycles. The van der Waals surface area contributed by atoms with Crippen molar-refractivity contribution in [2.45, 2.75) is 65.6 Å². The van der Waals surface area contributed by atoms with E-state index in [-0.39, 0.29) is 29.7 Å². The quantitative estimate of drug-likeness (QED) is 0.713. The van der Waals surface area contributed by atoms with E-state index in [9.17, 15) is 9.59 Å². The lowest BCUT2D eigenvalue weighted by Gasteiger charge is -2.31. The molecule has 2 atom stereocenters. The third-order valence-electron chi connectivity index (χ3n) is 6.00. The van der Waals surface area contributed by atoms with Crippen LogP contribution >= 0.6 is 0 Å². The molecule has 0 unspecified atom stereocenters. The maximum absolute atomic E-state index is 13.4. The Bertz CT molecular complexity index is 951. The number of nitrogens with one attached hydrogen (secondary N) is 1. The number of hydrogen-bond acceptors (Lipinski definition) is 2. The van der Waals surface area contributed by atoms with E-state index in [0.29, 0.717) is 6.54 Å². The monoisotopic (exact) mass is 407 g/mol. The minimum absolute atomic E-state index is 0.0360. The summed E-state index contributed by atoms with van der Waals surface area (Å²) < 4.78 is 2.10. The molecule has 5 heteroatoms. The van der Waals surface area contributed by atoms with Gasteiger partial charge in [-0.3, -0.25) is 9.59 Å². The second kappa shape index (κ2) is 9.38. The summed E-state index contributed by atoms with van der Waals surface area (Å²) in [5.41, 5.74) is 2.35. The van der Waals surface area contributed by atoms with E-state index < -0.39 is 6.04 Å².